The van der Waals surface area contributed by atoms with E-state index in [2.05, 4.69) is 26.5 Å². The van der Waals surface area contributed by atoms with E-state index in [-0.39, 0.29) is 11.7 Å². The molecule has 1 saturated heterocycles. The molecular formula is C14H18BrN3O4. The molecule has 1 heterocycles. The second-order valence-corrected chi connectivity index (χ2v) is 5.59. The van der Waals surface area contributed by atoms with Crippen molar-refractivity contribution in [3.05, 3.63) is 22.2 Å². The van der Waals surface area contributed by atoms with Crippen LogP contribution in [-0.2, 0) is 9.53 Å². The number of morpholine rings is 1. The van der Waals surface area contributed by atoms with Gasteiger partial charge in [0.15, 0.2) is 11.5 Å². The molecule has 1 aliphatic rings. The summed E-state index contributed by atoms with van der Waals surface area (Å²) in [6, 6.07) is 3.30. The molecule has 8 heteroatoms. The Hall–Kier alpha value is -1.64. The molecule has 7 nitrogen and oxygen atoms in total. The van der Waals surface area contributed by atoms with E-state index in [1.165, 1.54) is 13.3 Å². The number of amides is 1. The largest absolute Gasteiger partial charge is 0.503 e. The first-order valence-corrected chi connectivity index (χ1v) is 7.58. The third kappa shape index (κ3) is 4.69. The van der Waals surface area contributed by atoms with Gasteiger partial charge in [0.05, 0.1) is 37.6 Å². The van der Waals surface area contributed by atoms with Crippen LogP contribution in [0.2, 0.25) is 0 Å². The fourth-order valence-corrected chi connectivity index (χ4v) is 2.46. The van der Waals surface area contributed by atoms with Gasteiger partial charge in [-0.3, -0.25) is 9.69 Å². The molecule has 2 N–H and O–H groups in total. The van der Waals surface area contributed by atoms with Crippen molar-refractivity contribution in [2.45, 2.75) is 0 Å². The van der Waals surface area contributed by atoms with E-state index >= 15 is 0 Å². The van der Waals surface area contributed by atoms with Gasteiger partial charge in [0.1, 0.15) is 0 Å². The van der Waals surface area contributed by atoms with Crippen LogP contribution in [0.3, 0.4) is 0 Å². The number of carbonyl (C=O) groups is 1. The van der Waals surface area contributed by atoms with Crippen molar-refractivity contribution in [3.63, 3.8) is 0 Å². The van der Waals surface area contributed by atoms with E-state index in [0.717, 1.165) is 13.1 Å². The first-order valence-electron chi connectivity index (χ1n) is 6.78. The van der Waals surface area contributed by atoms with E-state index in [4.69, 9.17) is 9.47 Å². The van der Waals surface area contributed by atoms with Crippen LogP contribution < -0.4 is 10.2 Å². The van der Waals surface area contributed by atoms with Crippen molar-refractivity contribution in [2.24, 2.45) is 5.10 Å². The summed E-state index contributed by atoms with van der Waals surface area (Å²) in [7, 11) is 1.46. The molecule has 0 spiro atoms. The summed E-state index contributed by atoms with van der Waals surface area (Å²) in [6.07, 6.45) is 1.49. The van der Waals surface area contributed by atoms with Crippen LogP contribution in [0.15, 0.2) is 21.7 Å². The standard InChI is InChI=1S/C14H18BrN3O4/c1-21-12-7-10(6-11(15)14(12)20)8-16-17-13(19)9-18-2-4-22-5-3-18/h6-8,20H,2-5,9H2,1H3,(H,17,19)/b16-8-. The number of halogens is 1. The van der Waals surface area contributed by atoms with E-state index in [0.29, 0.717) is 35.5 Å². The maximum Gasteiger partial charge on any atom is 0.254 e. The predicted molar refractivity (Wildman–Crippen MR) is 85.4 cm³/mol. The maximum absolute atomic E-state index is 11.8. The zero-order chi connectivity index (χ0) is 15.9. The minimum atomic E-state index is -0.178. The SMILES string of the molecule is COc1cc(/C=N\NC(=O)CN2CCOCC2)cc(Br)c1O. The summed E-state index contributed by atoms with van der Waals surface area (Å²) in [4.78, 5) is 13.8. The topological polar surface area (TPSA) is 83.4 Å². The van der Waals surface area contributed by atoms with Crippen molar-refractivity contribution in [1.29, 1.82) is 0 Å². The second-order valence-electron chi connectivity index (χ2n) is 4.74. The van der Waals surface area contributed by atoms with Crippen LogP contribution in [0.4, 0.5) is 0 Å². The molecule has 0 bridgehead atoms. The average Bonchev–Trinajstić information content (AvgIpc) is 2.51. The highest BCUT2D eigenvalue weighted by Crippen LogP contribution is 2.34. The van der Waals surface area contributed by atoms with Crippen LogP contribution in [-0.4, -0.2) is 62.1 Å². The molecule has 0 aliphatic carbocycles. The Kier molecular flexibility index (Phi) is 6.17. The minimum absolute atomic E-state index is 0.0241. The zero-order valence-corrected chi connectivity index (χ0v) is 13.8. The molecule has 1 amide bonds. The third-order valence-electron chi connectivity index (χ3n) is 3.14. The Morgan fingerprint density at radius 3 is 2.95 bits per heavy atom. The van der Waals surface area contributed by atoms with Crippen molar-refractivity contribution in [1.82, 2.24) is 10.3 Å². The number of ether oxygens (including phenoxy) is 2. The maximum atomic E-state index is 11.8. The number of nitrogens with zero attached hydrogens (tertiary/aromatic N) is 2. The lowest BCUT2D eigenvalue weighted by molar-refractivity contribution is -0.123. The van der Waals surface area contributed by atoms with Gasteiger partial charge in [-0.2, -0.15) is 5.10 Å². The highest BCUT2D eigenvalue weighted by molar-refractivity contribution is 9.10. The molecule has 1 aromatic rings. The molecule has 0 radical (unpaired) electrons. The molecule has 2 rings (SSSR count). The van der Waals surface area contributed by atoms with Gasteiger partial charge < -0.3 is 14.6 Å². The number of phenolic OH excluding ortho intramolecular Hbond substituents is 1. The number of hydrogen-bond acceptors (Lipinski definition) is 6. The molecule has 22 heavy (non-hydrogen) atoms. The first-order chi connectivity index (χ1) is 10.6. The predicted octanol–water partition coefficient (Wildman–Crippen LogP) is 0.946. The molecule has 1 aromatic carbocycles. The van der Waals surface area contributed by atoms with Crippen molar-refractivity contribution < 1.29 is 19.4 Å². The van der Waals surface area contributed by atoms with Crippen LogP contribution in [0.5, 0.6) is 11.5 Å². The van der Waals surface area contributed by atoms with Crippen molar-refractivity contribution in [3.8, 4) is 11.5 Å². The lowest BCUT2D eigenvalue weighted by Crippen LogP contribution is -2.42. The van der Waals surface area contributed by atoms with Gasteiger partial charge in [-0.15, -0.1) is 0 Å². The van der Waals surface area contributed by atoms with Crippen molar-refractivity contribution in [2.75, 3.05) is 40.0 Å². The van der Waals surface area contributed by atoms with Crippen LogP contribution >= 0.6 is 15.9 Å². The highest BCUT2D eigenvalue weighted by atomic mass is 79.9. The van der Waals surface area contributed by atoms with Gasteiger partial charge in [0.25, 0.3) is 5.91 Å². The number of hydrogen-bond donors (Lipinski definition) is 2. The Morgan fingerprint density at radius 2 is 2.27 bits per heavy atom. The van der Waals surface area contributed by atoms with E-state index in [9.17, 15) is 9.90 Å². The average molecular weight is 372 g/mol. The van der Waals surface area contributed by atoms with Gasteiger partial charge in [-0.1, -0.05) is 0 Å². The molecule has 120 valence electrons. The van der Waals surface area contributed by atoms with Crippen LogP contribution in [0.25, 0.3) is 0 Å². The molecule has 1 fully saturated rings. The molecular weight excluding hydrogens is 354 g/mol. The number of hydrazone groups is 1. The van der Waals surface area contributed by atoms with E-state index in [1.54, 1.807) is 12.1 Å². The monoisotopic (exact) mass is 371 g/mol. The molecule has 0 saturated carbocycles. The summed E-state index contributed by atoms with van der Waals surface area (Å²) >= 11 is 3.23. The molecule has 1 aliphatic heterocycles. The van der Waals surface area contributed by atoms with Crippen LogP contribution in [0.1, 0.15) is 5.56 Å². The number of phenols is 1. The molecule has 0 unspecified atom stereocenters. The fourth-order valence-electron chi connectivity index (χ4n) is 2.00. The summed E-state index contributed by atoms with van der Waals surface area (Å²) < 4.78 is 10.8. The quantitative estimate of drug-likeness (QED) is 0.594. The Labute approximate surface area is 137 Å². The summed E-state index contributed by atoms with van der Waals surface area (Å²) in [5.74, 6) is 0.175. The lowest BCUT2D eigenvalue weighted by Gasteiger charge is -2.25. The van der Waals surface area contributed by atoms with E-state index in [1.807, 2.05) is 4.90 Å². The van der Waals surface area contributed by atoms with Gasteiger partial charge in [0.2, 0.25) is 0 Å². The molecule has 0 aromatic heterocycles. The van der Waals surface area contributed by atoms with Crippen LogP contribution in [0, 0.1) is 0 Å². The number of rotatable bonds is 5. The summed E-state index contributed by atoms with van der Waals surface area (Å²) in [5.41, 5.74) is 3.17. The van der Waals surface area contributed by atoms with Gasteiger partial charge >= 0.3 is 0 Å². The number of carbonyl (C=O) groups excluding carboxylic acids is 1. The zero-order valence-electron chi connectivity index (χ0n) is 12.2. The Morgan fingerprint density at radius 1 is 1.55 bits per heavy atom. The smallest absolute Gasteiger partial charge is 0.254 e. The number of methoxy groups -OCH3 is 1. The number of benzene rings is 1. The van der Waals surface area contributed by atoms with Gasteiger partial charge in [-0.05, 0) is 33.6 Å². The highest BCUT2D eigenvalue weighted by Gasteiger charge is 2.13. The summed E-state index contributed by atoms with van der Waals surface area (Å²) in [6.45, 7) is 3.09. The Bertz CT molecular complexity index is 559. The Balaban J connectivity index is 1.89. The fraction of sp³-hybridized carbons (Fsp3) is 0.429. The van der Waals surface area contributed by atoms with Gasteiger partial charge in [-0.25, -0.2) is 5.43 Å². The number of nitrogens with one attached hydrogen (secondary N) is 1. The van der Waals surface area contributed by atoms with Gasteiger partial charge in [0, 0.05) is 13.1 Å². The third-order valence-corrected chi connectivity index (χ3v) is 3.75. The lowest BCUT2D eigenvalue weighted by atomic mass is 10.2. The molecule has 0 atom stereocenters. The second kappa shape index (κ2) is 8.11. The normalized spacial score (nSPS) is 15.9. The van der Waals surface area contributed by atoms with Crippen molar-refractivity contribution >= 4 is 28.1 Å². The first kappa shape index (κ1) is 16.7. The number of aromatic hydroxyl groups is 1. The van der Waals surface area contributed by atoms with E-state index < -0.39 is 0 Å². The minimum Gasteiger partial charge on any atom is -0.503 e. The summed E-state index contributed by atoms with van der Waals surface area (Å²) in [5, 5.41) is 13.6.